The molecular formula is C16H17ClFN3O2S. The van der Waals surface area contributed by atoms with Crippen LogP contribution in [0.15, 0.2) is 18.2 Å². The van der Waals surface area contributed by atoms with Crippen molar-refractivity contribution in [1.29, 1.82) is 0 Å². The predicted octanol–water partition coefficient (Wildman–Crippen LogP) is 3.45. The van der Waals surface area contributed by atoms with Gasteiger partial charge in [-0.05, 0) is 32.9 Å². The number of nitrogens with one attached hydrogen (secondary N) is 1. The zero-order valence-corrected chi connectivity index (χ0v) is 15.1. The molecule has 1 aliphatic heterocycles. The molecule has 0 saturated carbocycles. The Labute approximate surface area is 146 Å². The normalized spacial score (nSPS) is 17.0. The molecule has 2 heterocycles. The number of aromatic nitrogens is 2. The molecule has 3 rings (SSSR count). The number of fused-ring (bicyclic) bond motifs is 1. The van der Waals surface area contributed by atoms with Crippen molar-refractivity contribution < 1.29 is 13.4 Å². The molecule has 1 amide bonds. The second-order valence-electron chi connectivity index (χ2n) is 6.64. The Morgan fingerprint density at radius 3 is 2.71 bits per heavy atom. The van der Waals surface area contributed by atoms with Gasteiger partial charge >= 0.3 is 0 Å². The Kier molecular flexibility index (Phi) is 4.25. The highest BCUT2D eigenvalue weighted by atomic mass is 35.5. The second kappa shape index (κ2) is 5.97. The van der Waals surface area contributed by atoms with E-state index in [-0.39, 0.29) is 10.6 Å². The third-order valence-electron chi connectivity index (χ3n) is 3.73. The highest BCUT2D eigenvalue weighted by molar-refractivity contribution is 7.83. The number of rotatable bonds is 2. The molecule has 1 N–H and O–H groups in total. The van der Waals surface area contributed by atoms with Crippen molar-refractivity contribution in [1.82, 2.24) is 9.78 Å². The van der Waals surface area contributed by atoms with Crippen molar-refractivity contribution in [3.63, 3.8) is 0 Å². The monoisotopic (exact) mass is 369 g/mol. The maximum atomic E-state index is 14.0. The minimum absolute atomic E-state index is 0.0366. The Bertz CT molecular complexity index is 837. The van der Waals surface area contributed by atoms with Crippen LogP contribution in [0.25, 0.3) is 0 Å². The maximum absolute atomic E-state index is 14.0. The highest BCUT2D eigenvalue weighted by Gasteiger charge is 2.32. The van der Waals surface area contributed by atoms with E-state index in [4.69, 9.17) is 11.6 Å². The van der Waals surface area contributed by atoms with Gasteiger partial charge < -0.3 is 5.32 Å². The Hall–Kier alpha value is -1.73. The number of nitrogens with zero attached hydrogens (tertiary/aromatic N) is 2. The number of carbonyl (C=O) groups is 1. The van der Waals surface area contributed by atoms with Crippen LogP contribution in [0.4, 0.5) is 10.2 Å². The second-order valence-corrected chi connectivity index (χ2v) is 8.50. The van der Waals surface area contributed by atoms with Crippen LogP contribution in [0.5, 0.6) is 0 Å². The lowest BCUT2D eigenvalue weighted by Gasteiger charge is -2.23. The van der Waals surface area contributed by atoms with Crippen LogP contribution in [0, 0.1) is 5.82 Å². The summed E-state index contributed by atoms with van der Waals surface area (Å²) >= 11 is 5.96. The first-order valence-electron chi connectivity index (χ1n) is 7.40. The minimum atomic E-state index is -1.03. The van der Waals surface area contributed by atoms with Crippen LogP contribution in [0.2, 0.25) is 5.02 Å². The van der Waals surface area contributed by atoms with E-state index in [9.17, 15) is 13.4 Å². The zero-order chi connectivity index (χ0) is 17.6. The standard InChI is InChI=1S/C16H17ClFN3O2S/c1-16(2,3)21-14(9-7-24(23)8-12(9)20-21)19-15(22)13-10(17)5-4-6-11(13)18/h4-6H,7-8H2,1-3H3,(H,19,22). The molecule has 1 aromatic carbocycles. The van der Waals surface area contributed by atoms with Gasteiger partial charge in [-0.15, -0.1) is 0 Å². The number of anilines is 1. The van der Waals surface area contributed by atoms with Crippen molar-refractivity contribution in [2.24, 2.45) is 0 Å². The Morgan fingerprint density at radius 1 is 1.38 bits per heavy atom. The Morgan fingerprint density at radius 2 is 2.08 bits per heavy atom. The molecule has 0 saturated heterocycles. The third kappa shape index (κ3) is 2.98. The quantitative estimate of drug-likeness (QED) is 0.881. The average Bonchev–Trinajstić information content (AvgIpc) is 2.96. The minimum Gasteiger partial charge on any atom is -0.306 e. The maximum Gasteiger partial charge on any atom is 0.261 e. The third-order valence-corrected chi connectivity index (χ3v) is 5.25. The van der Waals surface area contributed by atoms with Gasteiger partial charge in [-0.1, -0.05) is 17.7 Å². The summed E-state index contributed by atoms with van der Waals surface area (Å²) in [5, 5.41) is 7.24. The molecule has 8 heteroatoms. The topological polar surface area (TPSA) is 64.0 Å². The molecule has 128 valence electrons. The molecule has 0 bridgehead atoms. The Balaban J connectivity index is 2.04. The molecule has 5 nitrogen and oxygen atoms in total. The fraction of sp³-hybridized carbons (Fsp3) is 0.375. The summed E-state index contributed by atoms with van der Waals surface area (Å²) in [6, 6.07) is 4.08. The number of carbonyl (C=O) groups excluding carboxylic acids is 1. The van der Waals surface area contributed by atoms with Crippen molar-refractivity contribution in [2.45, 2.75) is 37.8 Å². The van der Waals surface area contributed by atoms with Crippen LogP contribution < -0.4 is 5.32 Å². The average molecular weight is 370 g/mol. The van der Waals surface area contributed by atoms with Crippen LogP contribution in [0.1, 0.15) is 42.4 Å². The number of benzene rings is 1. The molecular weight excluding hydrogens is 353 g/mol. The molecule has 1 aliphatic rings. The van der Waals surface area contributed by atoms with Gasteiger partial charge in [-0.2, -0.15) is 5.10 Å². The van der Waals surface area contributed by atoms with E-state index in [1.807, 2.05) is 20.8 Å². The smallest absolute Gasteiger partial charge is 0.261 e. The molecule has 0 fully saturated rings. The summed E-state index contributed by atoms with van der Waals surface area (Å²) in [7, 11) is -1.03. The first-order valence-corrected chi connectivity index (χ1v) is 9.26. The van der Waals surface area contributed by atoms with Gasteiger partial charge in [-0.3, -0.25) is 9.00 Å². The fourth-order valence-corrected chi connectivity index (χ4v) is 4.14. The molecule has 0 spiro atoms. The summed E-state index contributed by atoms with van der Waals surface area (Å²) in [6.07, 6.45) is 0. The van der Waals surface area contributed by atoms with Gasteiger partial charge in [0.1, 0.15) is 11.6 Å². The van der Waals surface area contributed by atoms with Crippen LogP contribution in [0.3, 0.4) is 0 Å². The van der Waals surface area contributed by atoms with Gasteiger partial charge in [0.05, 0.1) is 33.3 Å². The number of halogens is 2. The highest BCUT2D eigenvalue weighted by Crippen LogP contribution is 2.33. The zero-order valence-electron chi connectivity index (χ0n) is 13.5. The van der Waals surface area contributed by atoms with Gasteiger partial charge in [0.15, 0.2) is 0 Å². The largest absolute Gasteiger partial charge is 0.306 e. The van der Waals surface area contributed by atoms with Crippen molar-refractivity contribution in [2.75, 3.05) is 5.32 Å². The lowest BCUT2D eigenvalue weighted by atomic mass is 10.1. The predicted molar refractivity (Wildman–Crippen MR) is 92.1 cm³/mol. The van der Waals surface area contributed by atoms with E-state index in [1.54, 1.807) is 4.68 Å². The van der Waals surface area contributed by atoms with Crippen LogP contribution in [-0.2, 0) is 27.8 Å². The van der Waals surface area contributed by atoms with Gasteiger partial charge in [0.2, 0.25) is 0 Å². The SMILES string of the molecule is CC(C)(C)n1nc2c(c1NC(=O)c1c(F)cccc1Cl)CS(=O)C2. The lowest BCUT2D eigenvalue weighted by Crippen LogP contribution is -2.28. The first kappa shape index (κ1) is 17.1. The summed E-state index contributed by atoms with van der Waals surface area (Å²) in [5.41, 5.74) is 0.837. The fourth-order valence-electron chi connectivity index (χ4n) is 2.63. The van der Waals surface area contributed by atoms with E-state index in [0.717, 1.165) is 5.56 Å². The van der Waals surface area contributed by atoms with E-state index < -0.39 is 28.1 Å². The molecule has 2 aromatic rings. The van der Waals surface area contributed by atoms with Gasteiger partial charge in [0.25, 0.3) is 5.91 Å². The van der Waals surface area contributed by atoms with E-state index in [1.165, 1.54) is 18.2 Å². The van der Waals surface area contributed by atoms with Crippen LogP contribution in [-0.4, -0.2) is 19.9 Å². The molecule has 0 aliphatic carbocycles. The summed E-state index contributed by atoms with van der Waals surface area (Å²) in [4.78, 5) is 12.6. The molecule has 24 heavy (non-hydrogen) atoms. The molecule has 1 atom stereocenters. The van der Waals surface area contributed by atoms with Gasteiger partial charge in [-0.25, -0.2) is 9.07 Å². The summed E-state index contributed by atoms with van der Waals surface area (Å²) in [6.45, 7) is 5.83. The number of amides is 1. The first-order chi connectivity index (χ1) is 11.2. The summed E-state index contributed by atoms with van der Waals surface area (Å²) in [5.74, 6) is -0.202. The molecule has 1 aromatic heterocycles. The van der Waals surface area contributed by atoms with E-state index in [0.29, 0.717) is 23.0 Å². The van der Waals surface area contributed by atoms with Crippen molar-refractivity contribution in [3.8, 4) is 0 Å². The van der Waals surface area contributed by atoms with Crippen molar-refractivity contribution in [3.05, 3.63) is 45.9 Å². The number of hydrogen-bond acceptors (Lipinski definition) is 3. The van der Waals surface area contributed by atoms with Gasteiger partial charge in [0, 0.05) is 16.4 Å². The van der Waals surface area contributed by atoms with Crippen molar-refractivity contribution >= 4 is 34.1 Å². The van der Waals surface area contributed by atoms with E-state index >= 15 is 0 Å². The summed E-state index contributed by atoms with van der Waals surface area (Å²) < 4.78 is 27.5. The number of hydrogen-bond donors (Lipinski definition) is 1. The van der Waals surface area contributed by atoms with E-state index in [2.05, 4.69) is 10.4 Å². The van der Waals surface area contributed by atoms with Crippen LogP contribution >= 0.6 is 11.6 Å². The molecule has 1 unspecified atom stereocenters. The molecule has 0 radical (unpaired) electrons. The lowest BCUT2D eigenvalue weighted by molar-refractivity contribution is 0.102.